The highest BCUT2D eigenvalue weighted by Crippen LogP contribution is 2.32. The number of rotatable bonds is 4. The van der Waals surface area contributed by atoms with Gasteiger partial charge in [0.2, 0.25) is 5.91 Å². The molecule has 0 saturated carbocycles. The Labute approximate surface area is 231 Å². The zero-order valence-corrected chi connectivity index (χ0v) is 22.2. The first-order valence-electron chi connectivity index (χ1n) is 12.8. The second-order valence-electron chi connectivity index (χ2n) is 9.48. The number of nitrogens with zero attached hydrogens (tertiary/aromatic N) is 2. The van der Waals surface area contributed by atoms with Gasteiger partial charge >= 0.3 is 0 Å². The molecule has 0 unspecified atom stereocenters. The summed E-state index contributed by atoms with van der Waals surface area (Å²) in [5, 5.41) is 5.83. The summed E-state index contributed by atoms with van der Waals surface area (Å²) in [6.07, 6.45) is 2.96. The zero-order chi connectivity index (χ0) is 28.1. The third-order valence-corrected chi connectivity index (χ3v) is 6.82. The average molecular weight is 547 g/mol. The summed E-state index contributed by atoms with van der Waals surface area (Å²) in [5.41, 5.74) is 1.95. The van der Waals surface area contributed by atoms with Crippen molar-refractivity contribution in [1.82, 2.24) is 20.5 Å². The molecule has 3 aliphatic rings. The highest BCUT2D eigenvalue weighted by Gasteiger charge is 2.38. The van der Waals surface area contributed by atoms with Crippen LogP contribution in [-0.4, -0.2) is 73.7 Å². The van der Waals surface area contributed by atoms with Gasteiger partial charge in [-0.05, 0) is 53.6 Å². The number of ether oxygens (including phenoxy) is 4. The molecule has 2 N–H and O–H groups in total. The molecular formula is C29H30N4O7. The van der Waals surface area contributed by atoms with E-state index >= 15 is 0 Å². The first kappa shape index (κ1) is 26.8. The molecule has 3 amide bonds. The zero-order valence-electron chi connectivity index (χ0n) is 22.2. The molecule has 40 heavy (non-hydrogen) atoms. The van der Waals surface area contributed by atoms with Crippen molar-refractivity contribution in [2.75, 3.05) is 33.9 Å². The molecule has 2 atom stereocenters. The molecule has 0 spiro atoms. The van der Waals surface area contributed by atoms with Crippen LogP contribution in [0, 0.1) is 0 Å². The number of fused-ring (bicyclic) bond motifs is 7. The molecule has 4 heterocycles. The Balaban J connectivity index is 1.45. The fourth-order valence-corrected chi connectivity index (χ4v) is 4.68. The molecule has 1 aromatic heterocycles. The minimum atomic E-state index is -0.547. The molecule has 2 aromatic carbocycles. The van der Waals surface area contributed by atoms with Gasteiger partial charge in [0, 0.05) is 31.0 Å². The van der Waals surface area contributed by atoms with Gasteiger partial charge in [-0.2, -0.15) is 0 Å². The standard InChI is InChI=1S/C29H30N4O7/c1-37-22-6-4-20-13-25(22)39-17-27(34)31-14-19-3-5-23(24(11-19)38-2)40-26-16-33(15-21(26)32-29(20)36)28(35)12-18-7-9-30-10-8-18/h3-11,13,21,26H,12,14-17H2,1-2H3,(H,31,34)(H,32,36)/t21-,26-/m0/s1. The van der Waals surface area contributed by atoms with Crippen LogP contribution in [0.15, 0.2) is 60.9 Å². The van der Waals surface area contributed by atoms with Crippen LogP contribution >= 0.6 is 0 Å². The highest BCUT2D eigenvalue weighted by atomic mass is 16.5. The highest BCUT2D eigenvalue weighted by molar-refractivity contribution is 5.95. The molecule has 1 fully saturated rings. The van der Waals surface area contributed by atoms with Crippen LogP contribution in [0.5, 0.6) is 23.0 Å². The Bertz CT molecular complexity index is 1400. The summed E-state index contributed by atoms with van der Waals surface area (Å²) in [4.78, 5) is 44.7. The molecule has 11 nitrogen and oxygen atoms in total. The molecule has 3 aliphatic heterocycles. The molecule has 1 saturated heterocycles. The number of methoxy groups -OCH3 is 2. The van der Waals surface area contributed by atoms with Crippen molar-refractivity contribution in [1.29, 1.82) is 0 Å². The summed E-state index contributed by atoms with van der Waals surface area (Å²) in [7, 11) is 3.01. The largest absolute Gasteiger partial charge is 0.493 e. The van der Waals surface area contributed by atoms with Crippen molar-refractivity contribution in [3.63, 3.8) is 0 Å². The van der Waals surface area contributed by atoms with Crippen LogP contribution in [0.4, 0.5) is 0 Å². The lowest BCUT2D eigenvalue weighted by Gasteiger charge is -2.22. The van der Waals surface area contributed by atoms with Gasteiger partial charge < -0.3 is 34.5 Å². The van der Waals surface area contributed by atoms with Crippen LogP contribution in [0.25, 0.3) is 0 Å². The van der Waals surface area contributed by atoms with Crippen molar-refractivity contribution >= 4 is 17.7 Å². The molecular weight excluding hydrogens is 516 g/mol. The molecule has 11 heteroatoms. The monoisotopic (exact) mass is 546 g/mol. The van der Waals surface area contributed by atoms with Crippen molar-refractivity contribution < 1.29 is 33.3 Å². The summed E-state index contributed by atoms with van der Waals surface area (Å²) in [5.74, 6) is 0.764. The first-order chi connectivity index (χ1) is 19.4. The van der Waals surface area contributed by atoms with E-state index in [4.69, 9.17) is 18.9 Å². The second-order valence-corrected chi connectivity index (χ2v) is 9.48. The molecule has 0 aliphatic carbocycles. The number of carbonyl (C=O) groups is 3. The maximum atomic E-state index is 13.4. The van der Waals surface area contributed by atoms with Crippen LogP contribution in [-0.2, 0) is 22.6 Å². The Hall–Kier alpha value is -4.80. The van der Waals surface area contributed by atoms with E-state index in [-0.39, 0.29) is 56.1 Å². The SMILES string of the molecule is COc1ccc2cc1OCC(=O)NCc1ccc(c(OC)c1)O[C@H]1CN(C(=O)Cc3ccncc3)C[C@@H]1NC2=O. The van der Waals surface area contributed by atoms with E-state index in [1.165, 1.54) is 20.3 Å². The predicted molar refractivity (Wildman–Crippen MR) is 144 cm³/mol. The first-order valence-corrected chi connectivity index (χ1v) is 12.8. The second kappa shape index (κ2) is 11.9. The van der Waals surface area contributed by atoms with Gasteiger partial charge in [0.05, 0.1) is 33.2 Å². The number of benzene rings is 2. The van der Waals surface area contributed by atoms with E-state index in [2.05, 4.69) is 15.6 Å². The van der Waals surface area contributed by atoms with Crippen LogP contribution in [0.3, 0.4) is 0 Å². The maximum absolute atomic E-state index is 13.4. The van der Waals surface area contributed by atoms with Gasteiger partial charge in [0.15, 0.2) is 29.6 Å². The number of likely N-dealkylation sites (tertiary alicyclic amines) is 1. The topological polar surface area (TPSA) is 128 Å². The smallest absolute Gasteiger partial charge is 0.258 e. The summed E-state index contributed by atoms with van der Waals surface area (Å²) < 4.78 is 23.0. The minimum absolute atomic E-state index is 0.0862. The molecule has 4 bridgehead atoms. The van der Waals surface area contributed by atoms with Gasteiger partial charge in [-0.15, -0.1) is 0 Å². The lowest BCUT2D eigenvalue weighted by Crippen LogP contribution is -2.45. The third kappa shape index (κ3) is 6.09. The maximum Gasteiger partial charge on any atom is 0.258 e. The van der Waals surface area contributed by atoms with Gasteiger partial charge in [0.25, 0.3) is 11.8 Å². The molecule has 208 valence electrons. The van der Waals surface area contributed by atoms with Crippen LogP contribution < -0.4 is 29.6 Å². The van der Waals surface area contributed by atoms with Crippen molar-refractivity contribution in [3.05, 3.63) is 77.6 Å². The van der Waals surface area contributed by atoms with E-state index in [1.54, 1.807) is 53.7 Å². The van der Waals surface area contributed by atoms with E-state index in [0.29, 0.717) is 22.8 Å². The number of carbonyl (C=O) groups excluding carboxylic acids is 3. The molecule has 3 aromatic rings. The number of amides is 3. The lowest BCUT2D eigenvalue weighted by atomic mass is 10.1. The Morgan fingerprint density at radius 3 is 2.58 bits per heavy atom. The van der Waals surface area contributed by atoms with E-state index in [9.17, 15) is 14.4 Å². The van der Waals surface area contributed by atoms with Gasteiger partial charge in [-0.3, -0.25) is 19.4 Å². The van der Waals surface area contributed by atoms with E-state index in [0.717, 1.165) is 11.1 Å². The fourth-order valence-electron chi connectivity index (χ4n) is 4.68. The quantitative estimate of drug-likeness (QED) is 0.507. The number of hydrogen-bond acceptors (Lipinski definition) is 8. The van der Waals surface area contributed by atoms with Crippen LogP contribution in [0.2, 0.25) is 0 Å². The summed E-state index contributed by atoms with van der Waals surface area (Å²) in [6.45, 7) is 0.518. The van der Waals surface area contributed by atoms with Crippen molar-refractivity contribution in [2.24, 2.45) is 0 Å². The van der Waals surface area contributed by atoms with Gasteiger partial charge in [-0.1, -0.05) is 6.07 Å². The van der Waals surface area contributed by atoms with Gasteiger partial charge in [0.1, 0.15) is 6.10 Å². The summed E-state index contributed by atoms with van der Waals surface area (Å²) in [6, 6.07) is 13.2. The normalized spacial score (nSPS) is 18.9. The number of aromatic nitrogens is 1. The average Bonchev–Trinajstić information content (AvgIpc) is 3.37. The summed E-state index contributed by atoms with van der Waals surface area (Å²) >= 11 is 0. The van der Waals surface area contributed by atoms with Gasteiger partial charge in [-0.25, -0.2) is 0 Å². The Morgan fingerprint density at radius 2 is 1.80 bits per heavy atom. The number of hydrogen-bond donors (Lipinski definition) is 2. The van der Waals surface area contributed by atoms with E-state index < -0.39 is 12.1 Å². The Kier molecular flexibility index (Phi) is 7.99. The Morgan fingerprint density at radius 1 is 1.00 bits per heavy atom. The van der Waals surface area contributed by atoms with Crippen LogP contribution in [0.1, 0.15) is 21.5 Å². The molecule has 0 radical (unpaired) electrons. The number of nitrogens with one attached hydrogen (secondary N) is 2. The molecule has 6 rings (SSSR count). The van der Waals surface area contributed by atoms with Crippen molar-refractivity contribution in [2.45, 2.75) is 25.1 Å². The van der Waals surface area contributed by atoms with E-state index in [1.807, 2.05) is 6.07 Å². The minimum Gasteiger partial charge on any atom is -0.493 e. The van der Waals surface area contributed by atoms with Crippen molar-refractivity contribution in [3.8, 4) is 23.0 Å². The predicted octanol–water partition coefficient (Wildman–Crippen LogP) is 1.74. The number of pyridine rings is 1. The third-order valence-electron chi connectivity index (χ3n) is 6.82. The lowest BCUT2D eigenvalue weighted by molar-refractivity contribution is -0.129. The fraction of sp³-hybridized carbons (Fsp3) is 0.310.